The highest BCUT2D eigenvalue weighted by molar-refractivity contribution is 6.46. The van der Waals surface area contributed by atoms with Crippen LogP contribution in [0, 0.1) is 0 Å². The van der Waals surface area contributed by atoms with E-state index in [9.17, 15) is 14.7 Å². The number of aliphatic hydroxyl groups is 1. The molecule has 0 saturated carbocycles. The van der Waals surface area contributed by atoms with Crippen molar-refractivity contribution in [3.05, 3.63) is 77.4 Å². The third-order valence-corrected chi connectivity index (χ3v) is 5.86. The second-order valence-corrected chi connectivity index (χ2v) is 7.62. The number of ketones is 1. The van der Waals surface area contributed by atoms with Crippen molar-refractivity contribution in [2.75, 3.05) is 34.5 Å². The summed E-state index contributed by atoms with van der Waals surface area (Å²) in [6.45, 7) is 0.450. The molecule has 1 aliphatic rings. The van der Waals surface area contributed by atoms with Crippen LogP contribution in [-0.4, -0.2) is 56.2 Å². The minimum atomic E-state index is -0.780. The number of Topliss-reactive ketones (excluding diaryl/α,β-unsaturated/α-hetero) is 1. The minimum absolute atomic E-state index is 0.0101. The summed E-state index contributed by atoms with van der Waals surface area (Å²) in [6.07, 6.45) is 0. The van der Waals surface area contributed by atoms with Crippen LogP contribution in [-0.2, 0) is 14.3 Å². The predicted molar refractivity (Wildman–Crippen MR) is 124 cm³/mol. The second-order valence-electron chi connectivity index (χ2n) is 7.62. The summed E-state index contributed by atoms with van der Waals surface area (Å²) in [7, 11) is 4.52. The number of hydrogen-bond donors (Lipinski definition) is 1. The lowest BCUT2D eigenvalue weighted by Gasteiger charge is -2.26. The van der Waals surface area contributed by atoms with Crippen molar-refractivity contribution in [2.45, 2.75) is 6.04 Å². The number of benzene rings is 3. The molecule has 0 radical (unpaired) electrons. The molecule has 1 amide bonds. The Morgan fingerprint density at radius 2 is 1.73 bits per heavy atom. The van der Waals surface area contributed by atoms with Crippen molar-refractivity contribution in [3.63, 3.8) is 0 Å². The Morgan fingerprint density at radius 1 is 0.970 bits per heavy atom. The first kappa shape index (κ1) is 22.4. The first-order chi connectivity index (χ1) is 16.0. The molecule has 33 heavy (non-hydrogen) atoms. The van der Waals surface area contributed by atoms with Crippen LogP contribution in [0.4, 0.5) is 0 Å². The molecule has 1 aliphatic heterocycles. The van der Waals surface area contributed by atoms with E-state index in [0.29, 0.717) is 17.1 Å². The van der Waals surface area contributed by atoms with Gasteiger partial charge in [-0.05, 0) is 28.5 Å². The van der Waals surface area contributed by atoms with Gasteiger partial charge in [0, 0.05) is 19.7 Å². The van der Waals surface area contributed by atoms with Gasteiger partial charge < -0.3 is 24.2 Å². The smallest absolute Gasteiger partial charge is 0.295 e. The van der Waals surface area contributed by atoms with Crippen LogP contribution < -0.4 is 9.47 Å². The summed E-state index contributed by atoms with van der Waals surface area (Å²) in [5, 5.41) is 13.2. The number of ether oxygens (including phenoxy) is 3. The van der Waals surface area contributed by atoms with Gasteiger partial charge in [0.05, 0.1) is 38.0 Å². The Bertz CT molecular complexity index is 1240. The number of amides is 1. The molecule has 0 spiro atoms. The van der Waals surface area contributed by atoms with Gasteiger partial charge in [-0.2, -0.15) is 0 Å². The van der Waals surface area contributed by atoms with Gasteiger partial charge in [0.1, 0.15) is 17.3 Å². The van der Waals surface area contributed by atoms with E-state index in [-0.39, 0.29) is 24.5 Å². The van der Waals surface area contributed by atoms with Crippen LogP contribution in [0.2, 0.25) is 0 Å². The van der Waals surface area contributed by atoms with Crippen LogP contribution in [0.15, 0.2) is 66.2 Å². The molecule has 1 unspecified atom stereocenters. The monoisotopic (exact) mass is 447 g/mol. The molecule has 0 bridgehead atoms. The number of fused-ring (bicyclic) bond motifs is 1. The Labute approximate surface area is 191 Å². The summed E-state index contributed by atoms with van der Waals surface area (Å²) < 4.78 is 15.8. The van der Waals surface area contributed by atoms with Crippen LogP contribution in [0.25, 0.3) is 16.5 Å². The minimum Gasteiger partial charge on any atom is -0.507 e. The summed E-state index contributed by atoms with van der Waals surface area (Å²) in [4.78, 5) is 27.7. The number of rotatable bonds is 7. The fraction of sp³-hybridized carbons (Fsp3) is 0.231. The Kier molecular flexibility index (Phi) is 6.33. The molecule has 0 aromatic heterocycles. The number of carbonyl (C=O) groups is 2. The lowest BCUT2D eigenvalue weighted by atomic mass is 9.91. The van der Waals surface area contributed by atoms with Crippen molar-refractivity contribution >= 4 is 28.2 Å². The van der Waals surface area contributed by atoms with Gasteiger partial charge in [0.2, 0.25) is 0 Å². The zero-order chi connectivity index (χ0) is 23.5. The van der Waals surface area contributed by atoms with Gasteiger partial charge in [0.25, 0.3) is 11.7 Å². The molecular formula is C26H25NO6. The number of methoxy groups -OCH3 is 3. The van der Waals surface area contributed by atoms with Gasteiger partial charge in [-0.15, -0.1) is 0 Å². The summed E-state index contributed by atoms with van der Waals surface area (Å²) in [5.41, 5.74) is 1.06. The topological polar surface area (TPSA) is 85.3 Å². The maximum atomic E-state index is 13.2. The van der Waals surface area contributed by atoms with Crippen LogP contribution in [0.5, 0.6) is 11.5 Å². The maximum absolute atomic E-state index is 13.2. The number of aliphatic hydroxyl groups excluding tert-OH is 1. The van der Waals surface area contributed by atoms with E-state index in [2.05, 4.69) is 0 Å². The summed E-state index contributed by atoms with van der Waals surface area (Å²) in [5.74, 6) is -0.870. The van der Waals surface area contributed by atoms with Crippen LogP contribution >= 0.6 is 0 Å². The molecule has 3 aromatic carbocycles. The quantitative estimate of drug-likeness (QED) is 0.336. The van der Waals surface area contributed by atoms with E-state index >= 15 is 0 Å². The fourth-order valence-corrected chi connectivity index (χ4v) is 4.25. The van der Waals surface area contributed by atoms with E-state index in [1.165, 1.54) is 26.2 Å². The van der Waals surface area contributed by atoms with Crippen molar-refractivity contribution in [2.24, 2.45) is 0 Å². The van der Waals surface area contributed by atoms with Crippen molar-refractivity contribution < 1.29 is 28.9 Å². The zero-order valence-electron chi connectivity index (χ0n) is 18.7. The number of carbonyl (C=O) groups excluding carboxylic acids is 2. The molecule has 0 aliphatic carbocycles. The highest BCUT2D eigenvalue weighted by atomic mass is 16.5. The first-order valence-electron chi connectivity index (χ1n) is 10.5. The van der Waals surface area contributed by atoms with Crippen molar-refractivity contribution in [1.29, 1.82) is 0 Å². The third kappa shape index (κ3) is 3.91. The highest BCUT2D eigenvalue weighted by Gasteiger charge is 2.46. The molecule has 1 N–H and O–H groups in total. The lowest BCUT2D eigenvalue weighted by molar-refractivity contribution is -0.140. The number of likely N-dealkylation sites (tertiary alicyclic amines) is 1. The van der Waals surface area contributed by atoms with Gasteiger partial charge >= 0.3 is 0 Å². The second kappa shape index (κ2) is 9.34. The van der Waals surface area contributed by atoms with E-state index in [0.717, 1.165) is 16.3 Å². The normalized spacial score (nSPS) is 17.5. The molecule has 1 saturated heterocycles. The average Bonchev–Trinajstić information content (AvgIpc) is 3.10. The van der Waals surface area contributed by atoms with E-state index in [1.54, 1.807) is 18.2 Å². The number of hydrogen-bond acceptors (Lipinski definition) is 6. The molecule has 1 fully saturated rings. The molecule has 7 nitrogen and oxygen atoms in total. The SMILES string of the molecule is COCCN1C(=O)C(=O)/C(=C(/O)c2ccc(OC)cc2OC)C1c1cccc2ccccc12. The van der Waals surface area contributed by atoms with Gasteiger partial charge in [0.15, 0.2) is 0 Å². The maximum Gasteiger partial charge on any atom is 0.295 e. The van der Waals surface area contributed by atoms with Crippen LogP contribution in [0.1, 0.15) is 17.2 Å². The Morgan fingerprint density at radius 3 is 2.45 bits per heavy atom. The molecule has 3 aromatic rings. The lowest BCUT2D eigenvalue weighted by Crippen LogP contribution is -2.32. The average molecular weight is 447 g/mol. The molecule has 1 heterocycles. The Balaban J connectivity index is 1.97. The summed E-state index contributed by atoms with van der Waals surface area (Å²) >= 11 is 0. The first-order valence-corrected chi connectivity index (χ1v) is 10.5. The molecule has 170 valence electrons. The third-order valence-electron chi connectivity index (χ3n) is 5.86. The molecular weight excluding hydrogens is 422 g/mol. The molecule has 1 atom stereocenters. The number of nitrogens with zero attached hydrogens (tertiary/aromatic N) is 1. The van der Waals surface area contributed by atoms with E-state index in [4.69, 9.17) is 14.2 Å². The summed E-state index contributed by atoms with van der Waals surface area (Å²) in [6, 6.07) is 17.5. The molecule has 7 heteroatoms. The largest absolute Gasteiger partial charge is 0.507 e. The molecule has 4 rings (SSSR count). The standard InChI is InChI=1S/C26H25NO6/c1-31-14-13-27-23(19-10-6-8-16-7-4-5-9-18(16)19)22(25(29)26(27)30)24(28)20-12-11-17(32-2)15-21(20)33-3/h4-12,15,23,28H,13-14H2,1-3H3/b24-22+. The predicted octanol–water partition coefficient (Wildman–Crippen LogP) is 3.93. The van der Waals surface area contributed by atoms with Gasteiger partial charge in [-0.1, -0.05) is 42.5 Å². The highest BCUT2D eigenvalue weighted by Crippen LogP contribution is 2.43. The zero-order valence-corrected chi connectivity index (χ0v) is 18.7. The van der Waals surface area contributed by atoms with Gasteiger partial charge in [-0.3, -0.25) is 9.59 Å². The van der Waals surface area contributed by atoms with Gasteiger partial charge in [-0.25, -0.2) is 0 Å². The Hall–Kier alpha value is -3.84. The van der Waals surface area contributed by atoms with Crippen molar-refractivity contribution in [3.8, 4) is 11.5 Å². The van der Waals surface area contributed by atoms with Crippen molar-refractivity contribution in [1.82, 2.24) is 4.90 Å². The fourth-order valence-electron chi connectivity index (χ4n) is 4.25. The van der Waals surface area contributed by atoms with Crippen LogP contribution in [0.3, 0.4) is 0 Å². The van der Waals surface area contributed by atoms with E-state index < -0.39 is 17.7 Å². The van der Waals surface area contributed by atoms with E-state index in [1.807, 2.05) is 42.5 Å².